The van der Waals surface area contributed by atoms with Crippen molar-refractivity contribution in [3.63, 3.8) is 0 Å². The molecule has 0 heterocycles. The molecule has 5 heteroatoms. The van der Waals surface area contributed by atoms with Crippen LogP contribution in [0.25, 0.3) is 0 Å². The van der Waals surface area contributed by atoms with E-state index in [9.17, 15) is 13.2 Å². The summed E-state index contributed by atoms with van der Waals surface area (Å²) in [7, 11) is -2.10. The van der Waals surface area contributed by atoms with E-state index in [-0.39, 0.29) is 10.8 Å². The average Bonchev–Trinajstić information content (AvgIpc) is 2.34. The van der Waals surface area contributed by atoms with Crippen LogP contribution in [0.15, 0.2) is 17.0 Å². The van der Waals surface area contributed by atoms with E-state index in [1.807, 2.05) is 20.8 Å². The summed E-state index contributed by atoms with van der Waals surface area (Å²) in [6.07, 6.45) is 1.64. The number of rotatable bonds is 4. The van der Waals surface area contributed by atoms with E-state index in [1.165, 1.54) is 13.4 Å². The molecule has 0 saturated carbocycles. The molecule has 0 aliphatic heterocycles. The molecule has 0 N–H and O–H groups in total. The first-order valence-electron chi connectivity index (χ1n) is 6.18. The molecule has 0 aliphatic rings. The fourth-order valence-electron chi connectivity index (χ4n) is 2.19. The van der Waals surface area contributed by atoms with Crippen molar-refractivity contribution in [3.8, 4) is 0 Å². The number of ether oxygens (including phenoxy) is 1. The highest BCUT2D eigenvalue weighted by atomic mass is 32.2. The van der Waals surface area contributed by atoms with Gasteiger partial charge >= 0.3 is 5.97 Å². The molecule has 1 aromatic carbocycles. The third-order valence-corrected chi connectivity index (χ3v) is 4.27. The number of carbonyl (C=O) groups excluding carboxylic acids is 1. The number of hydrogen-bond donors (Lipinski definition) is 0. The van der Waals surface area contributed by atoms with Crippen LogP contribution in [0, 0.1) is 0 Å². The second-order valence-corrected chi connectivity index (χ2v) is 6.73. The van der Waals surface area contributed by atoms with Gasteiger partial charge in [-0.05, 0) is 29.5 Å². The van der Waals surface area contributed by atoms with E-state index in [0.29, 0.717) is 17.5 Å². The highest BCUT2D eigenvalue weighted by Crippen LogP contribution is 2.30. The molecular weight excluding hydrogens is 264 g/mol. The van der Waals surface area contributed by atoms with Gasteiger partial charge in [-0.2, -0.15) is 0 Å². The smallest absolute Gasteiger partial charge is 0.338 e. The van der Waals surface area contributed by atoms with Crippen LogP contribution in [0.2, 0.25) is 0 Å². The monoisotopic (exact) mass is 284 g/mol. The van der Waals surface area contributed by atoms with E-state index < -0.39 is 15.8 Å². The maximum absolute atomic E-state index is 12.0. The largest absolute Gasteiger partial charge is 0.465 e. The Morgan fingerprint density at radius 3 is 2.26 bits per heavy atom. The minimum Gasteiger partial charge on any atom is -0.465 e. The van der Waals surface area contributed by atoms with Crippen molar-refractivity contribution >= 4 is 15.8 Å². The summed E-state index contributed by atoms with van der Waals surface area (Å²) >= 11 is 0. The molecule has 0 saturated heterocycles. The van der Waals surface area contributed by atoms with Gasteiger partial charge in [-0.1, -0.05) is 26.8 Å². The predicted octanol–water partition coefficient (Wildman–Crippen LogP) is 2.56. The summed E-state index contributed by atoms with van der Waals surface area (Å²) in [5.74, 6) is -0.432. The Morgan fingerprint density at radius 2 is 1.89 bits per heavy atom. The fourth-order valence-corrected chi connectivity index (χ4v) is 3.62. The van der Waals surface area contributed by atoms with Crippen LogP contribution in [0.3, 0.4) is 0 Å². The minimum absolute atomic E-state index is 0.0710. The van der Waals surface area contributed by atoms with Gasteiger partial charge in [0.25, 0.3) is 0 Å². The highest BCUT2D eigenvalue weighted by molar-refractivity contribution is 7.90. The zero-order valence-corrected chi connectivity index (χ0v) is 12.8. The quantitative estimate of drug-likeness (QED) is 0.797. The molecule has 0 radical (unpaired) electrons. The maximum atomic E-state index is 12.0. The maximum Gasteiger partial charge on any atom is 0.338 e. The molecule has 0 bridgehead atoms. The second-order valence-electron chi connectivity index (χ2n) is 4.78. The summed E-state index contributed by atoms with van der Waals surface area (Å²) in [6, 6.07) is 3.35. The Bertz CT molecular complexity index is 586. The molecule has 4 nitrogen and oxygen atoms in total. The molecule has 1 rings (SSSR count). The lowest BCUT2D eigenvalue weighted by molar-refractivity contribution is 0.0599. The van der Waals surface area contributed by atoms with Crippen molar-refractivity contribution in [1.29, 1.82) is 0 Å². The first-order valence-corrected chi connectivity index (χ1v) is 8.07. The van der Waals surface area contributed by atoms with E-state index in [0.717, 1.165) is 5.56 Å². The summed E-state index contributed by atoms with van der Waals surface area (Å²) < 4.78 is 28.8. The Balaban J connectivity index is 3.75. The number of sulfone groups is 1. The van der Waals surface area contributed by atoms with Gasteiger partial charge in [0.05, 0.1) is 17.6 Å². The third-order valence-electron chi connectivity index (χ3n) is 3.04. The molecule has 0 atom stereocenters. The fraction of sp³-hybridized carbons (Fsp3) is 0.500. The van der Waals surface area contributed by atoms with Gasteiger partial charge in [-0.15, -0.1) is 0 Å². The molecule has 0 aliphatic carbocycles. The SMILES string of the molecule is CCc1c(C(=O)OC)ccc(C(C)C)c1S(C)(=O)=O. The van der Waals surface area contributed by atoms with Crippen molar-refractivity contribution in [2.75, 3.05) is 13.4 Å². The Labute approximate surface area is 114 Å². The van der Waals surface area contributed by atoms with Crippen molar-refractivity contribution in [1.82, 2.24) is 0 Å². The predicted molar refractivity (Wildman–Crippen MR) is 74.4 cm³/mol. The van der Waals surface area contributed by atoms with Crippen LogP contribution >= 0.6 is 0 Å². The van der Waals surface area contributed by atoms with E-state index in [1.54, 1.807) is 12.1 Å². The van der Waals surface area contributed by atoms with Crippen molar-refractivity contribution in [2.24, 2.45) is 0 Å². The molecular formula is C14H20O4S. The zero-order chi connectivity index (χ0) is 14.8. The molecule has 0 amide bonds. The van der Waals surface area contributed by atoms with Gasteiger partial charge in [0.1, 0.15) is 0 Å². The molecule has 106 valence electrons. The van der Waals surface area contributed by atoms with E-state index >= 15 is 0 Å². The number of esters is 1. The van der Waals surface area contributed by atoms with Crippen molar-refractivity contribution in [3.05, 3.63) is 28.8 Å². The molecule has 1 aromatic rings. The van der Waals surface area contributed by atoms with Crippen LogP contribution in [0.1, 0.15) is 48.2 Å². The Hall–Kier alpha value is -1.36. The number of hydrogen-bond acceptors (Lipinski definition) is 4. The van der Waals surface area contributed by atoms with Gasteiger partial charge in [0.2, 0.25) is 0 Å². The minimum atomic E-state index is -3.39. The van der Waals surface area contributed by atoms with Crippen LogP contribution in [0.4, 0.5) is 0 Å². The normalized spacial score (nSPS) is 11.7. The van der Waals surface area contributed by atoms with Gasteiger partial charge < -0.3 is 4.74 Å². The van der Waals surface area contributed by atoms with Gasteiger partial charge in [0.15, 0.2) is 9.84 Å². The summed E-state index contributed by atoms with van der Waals surface area (Å²) in [4.78, 5) is 12.0. The number of benzene rings is 1. The molecule has 0 fully saturated rings. The topological polar surface area (TPSA) is 60.4 Å². The van der Waals surface area contributed by atoms with E-state index in [2.05, 4.69) is 0 Å². The van der Waals surface area contributed by atoms with Crippen LogP contribution in [-0.4, -0.2) is 27.8 Å². The van der Waals surface area contributed by atoms with Crippen LogP contribution in [-0.2, 0) is 21.0 Å². The van der Waals surface area contributed by atoms with E-state index in [4.69, 9.17) is 4.74 Å². The second kappa shape index (κ2) is 5.74. The molecule has 0 spiro atoms. The lowest BCUT2D eigenvalue weighted by atomic mass is 9.95. The average molecular weight is 284 g/mol. The third kappa shape index (κ3) is 3.15. The first kappa shape index (κ1) is 15.7. The molecule has 0 aromatic heterocycles. The summed E-state index contributed by atoms with van der Waals surface area (Å²) in [5.41, 5.74) is 1.61. The van der Waals surface area contributed by atoms with Crippen LogP contribution < -0.4 is 0 Å². The standard InChI is InChI=1S/C14H20O4S/c1-6-10-12(14(15)18-4)8-7-11(9(2)3)13(10)19(5,16)17/h7-9H,6H2,1-5H3. The summed E-state index contributed by atoms with van der Waals surface area (Å²) in [6.45, 7) is 5.70. The van der Waals surface area contributed by atoms with Crippen molar-refractivity contribution < 1.29 is 17.9 Å². The number of carbonyl (C=O) groups is 1. The molecule has 0 unspecified atom stereocenters. The lowest BCUT2D eigenvalue weighted by Crippen LogP contribution is -2.14. The highest BCUT2D eigenvalue weighted by Gasteiger charge is 2.24. The van der Waals surface area contributed by atoms with Crippen LogP contribution in [0.5, 0.6) is 0 Å². The lowest BCUT2D eigenvalue weighted by Gasteiger charge is -2.17. The van der Waals surface area contributed by atoms with Gasteiger partial charge in [0, 0.05) is 6.26 Å². The summed E-state index contributed by atoms with van der Waals surface area (Å²) in [5, 5.41) is 0. The first-order chi connectivity index (χ1) is 8.73. The Kier molecular flexibility index (Phi) is 4.74. The Morgan fingerprint density at radius 1 is 1.32 bits per heavy atom. The van der Waals surface area contributed by atoms with Gasteiger partial charge in [-0.3, -0.25) is 0 Å². The zero-order valence-electron chi connectivity index (χ0n) is 12.0. The molecule has 19 heavy (non-hydrogen) atoms. The number of methoxy groups -OCH3 is 1. The van der Waals surface area contributed by atoms with Gasteiger partial charge in [-0.25, -0.2) is 13.2 Å². The van der Waals surface area contributed by atoms with Crippen molar-refractivity contribution in [2.45, 2.75) is 38.0 Å².